The molecule has 0 radical (unpaired) electrons. The molecule has 1 heterocycles. The lowest BCUT2D eigenvalue weighted by Crippen LogP contribution is -2.32. The number of halogens is 2. The molecule has 0 saturated heterocycles. The van der Waals surface area contributed by atoms with Gasteiger partial charge in [0.05, 0.1) is 13.2 Å². The quantitative estimate of drug-likeness (QED) is 0.296. The van der Waals surface area contributed by atoms with Gasteiger partial charge in [-0.1, -0.05) is 37.6 Å². The summed E-state index contributed by atoms with van der Waals surface area (Å²) in [6, 6.07) is 1.79. The summed E-state index contributed by atoms with van der Waals surface area (Å²) in [7, 11) is 0. The molecule has 7 heteroatoms. The fourth-order valence-corrected chi connectivity index (χ4v) is 1.62. The summed E-state index contributed by atoms with van der Waals surface area (Å²) >= 11 is 6.14. The van der Waals surface area contributed by atoms with Crippen molar-refractivity contribution in [3.63, 3.8) is 0 Å². The van der Waals surface area contributed by atoms with Crippen molar-refractivity contribution in [1.82, 2.24) is 10.3 Å². The second-order valence-electron chi connectivity index (χ2n) is 5.35. The average molecular weight is 439 g/mol. The summed E-state index contributed by atoms with van der Waals surface area (Å²) in [5.74, 6) is 1.24. The normalized spacial score (nSPS) is 11.0. The Morgan fingerprint density at radius 2 is 2.23 bits per heavy atom. The van der Waals surface area contributed by atoms with E-state index in [0.717, 1.165) is 11.1 Å². The summed E-state index contributed by atoms with van der Waals surface area (Å²) in [6.45, 7) is 11.4. The molecule has 0 amide bonds. The molecular weight excluding hydrogens is 415 g/mol. The highest BCUT2D eigenvalue weighted by Gasteiger charge is 2.06. The van der Waals surface area contributed by atoms with Gasteiger partial charge in [0.2, 0.25) is 5.88 Å². The van der Waals surface area contributed by atoms with Crippen molar-refractivity contribution in [2.75, 3.05) is 13.2 Å². The van der Waals surface area contributed by atoms with Crippen molar-refractivity contribution >= 4 is 41.5 Å². The number of guanidine groups is 1. The van der Waals surface area contributed by atoms with Crippen LogP contribution in [0.15, 0.2) is 29.4 Å². The fourth-order valence-electron chi connectivity index (χ4n) is 1.38. The van der Waals surface area contributed by atoms with Crippen molar-refractivity contribution < 1.29 is 4.74 Å². The first-order valence-corrected chi connectivity index (χ1v) is 7.21. The number of nitrogens with one attached hydrogen (secondary N) is 1. The van der Waals surface area contributed by atoms with Crippen molar-refractivity contribution in [2.45, 2.75) is 27.3 Å². The van der Waals surface area contributed by atoms with Gasteiger partial charge in [-0.25, -0.2) is 9.98 Å². The van der Waals surface area contributed by atoms with Crippen LogP contribution < -0.4 is 15.8 Å². The van der Waals surface area contributed by atoms with Gasteiger partial charge in [0, 0.05) is 12.7 Å². The van der Waals surface area contributed by atoms with Gasteiger partial charge in [0.15, 0.2) is 5.96 Å². The molecular formula is C15H24ClIN4O. The molecule has 0 fully saturated rings. The SMILES string of the molecule is C=C(C)CNC(N)=NCc1cnc(OCC(C)C)c(Cl)c1.I. The number of nitrogens with zero attached hydrogens (tertiary/aromatic N) is 2. The molecule has 0 bridgehead atoms. The number of hydrogen-bond acceptors (Lipinski definition) is 3. The van der Waals surface area contributed by atoms with E-state index in [2.05, 4.69) is 35.7 Å². The van der Waals surface area contributed by atoms with E-state index < -0.39 is 0 Å². The number of nitrogens with two attached hydrogens (primary N) is 1. The molecule has 3 N–H and O–H groups in total. The summed E-state index contributed by atoms with van der Waals surface area (Å²) in [6.07, 6.45) is 1.69. The minimum Gasteiger partial charge on any atom is -0.476 e. The van der Waals surface area contributed by atoms with Gasteiger partial charge in [-0.05, 0) is 24.5 Å². The van der Waals surface area contributed by atoms with Gasteiger partial charge in [-0.3, -0.25) is 0 Å². The van der Waals surface area contributed by atoms with E-state index >= 15 is 0 Å². The molecule has 0 aliphatic rings. The van der Waals surface area contributed by atoms with Crippen LogP contribution in [0.2, 0.25) is 5.02 Å². The first kappa shape index (κ1) is 21.0. The van der Waals surface area contributed by atoms with E-state index in [9.17, 15) is 0 Å². The van der Waals surface area contributed by atoms with Crippen molar-refractivity contribution in [2.24, 2.45) is 16.6 Å². The number of pyridine rings is 1. The Balaban J connectivity index is 0.00000441. The Morgan fingerprint density at radius 3 is 2.77 bits per heavy atom. The van der Waals surface area contributed by atoms with Crippen LogP contribution in [0.3, 0.4) is 0 Å². The lowest BCUT2D eigenvalue weighted by Gasteiger charge is -2.10. The van der Waals surface area contributed by atoms with E-state index in [1.165, 1.54) is 0 Å². The molecule has 0 spiro atoms. The standard InChI is InChI=1S/C15H23ClN4O.HI/c1-10(2)6-19-15(17)20-8-12-5-13(16)14(18-7-12)21-9-11(3)4;/h5,7,11H,1,6,8-9H2,2-4H3,(H3,17,19,20);1H. The monoisotopic (exact) mass is 438 g/mol. The second-order valence-corrected chi connectivity index (χ2v) is 5.75. The van der Waals surface area contributed by atoms with Gasteiger partial charge in [-0.2, -0.15) is 0 Å². The smallest absolute Gasteiger partial charge is 0.232 e. The van der Waals surface area contributed by atoms with Gasteiger partial charge in [0.25, 0.3) is 0 Å². The second kappa shape index (κ2) is 10.7. The highest BCUT2D eigenvalue weighted by atomic mass is 127. The Bertz CT molecular complexity index is 520. The minimum atomic E-state index is 0. The maximum atomic E-state index is 6.14. The van der Waals surface area contributed by atoms with E-state index in [1.807, 2.05) is 6.92 Å². The predicted molar refractivity (Wildman–Crippen MR) is 103 cm³/mol. The zero-order valence-corrected chi connectivity index (χ0v) is 16.3. The first-order valence-electron chi connectivity index (χ1n) is 6.84. The highest BCUT2D eigenvalue weighted by Crippen LogP contribution is 2.23. The summed E-state index contributed by atoms with van der Waals surface area (Å²) < 4.78 is 5.52. The Hall–Kier alpha value is -1.02. The minimum absolute atomic E-state index is 0. The van der Waals surface area contributed by atoms with Gasteiger partial charge < -0.3 is 15.8 Å². The van der Waals surface area contributed by atoms with Crippen LogP contribution in [0.5, 0.6) is 5.88 Å². The number of ether oxygens (including phenoxy) is 1. The lowest BCUT2D eigenvalue weighted by molar-refractivity contribution is 0.261. The lowest BCUT2D eigenvalue weighted by atomic mass is 10.2. The van der Waals surface area contributed by atoms with Crippen LogP contribution in [0.4, 0.5) is 0 Å². The molecule has 1 rings (SSSR count). The van der Waals surface area contributed by atoms with Crippen molar-refractivity contribution in [3.05, 3.63) is 35.0 Å². The van der Waals surface area contributed by atoms with Crippen LogP contribution in [0.1, 0.15) is 26.3 Å². The van der Waals surface area contributed by atoms with Gasteiger partial charge in [0.1, 0.15) is 5.02 Å². The van der Waals surface area contributed by atoms with Crippen LogP contribution in [-0.2, 0) is 6.54 Å². The summed E-state index contributed by atoms with van der Waals surface area (Å²) in [5.41, 5.74) is 7.60. The first-order chi connectivity index (χ1) is 9.88. The highest BCUT2D eigenvalue weighted by molar-refractivity contribution is 14.0. The third kappa shape index (κ3) is 8.43. The number of aromatic nitrogens is 1. The zero-order chi connectivity index (χ0) is 15.8. The zero-order valence-electron chi connectivity index (χ0n) is 13.2. The molecule has 0 atom stereocenters. The number of rotatable bonds is 7. The van der Waals surface area contributed by atoms with E-state index in [1.54, 1.807) is 12.3 Å². The maximum absolute atomic E-state index is 6.14. The van der Waals surface area contributed by atoms with Crippen LogP contribution in [0.25, 0.3) is 0 Å². The summed E-state index contributed by atoms with van der Waals surface area (Å²) in [5, 5.41) is 3.44. The predicted octanol–water partition coefficient (Wildman–Crippen LogP) is 3.37. The van der Waals surface area contributed by atoms with E-state index in [0.29, 0.717) is 42.5 Å². The molecule has 22 heavy (non-hydrogen) atoms. The van der Waals surface area contributed by atoms with Gasteiger partial charge in [-0.15, -0.1) is 24.0 Å². The Kier molecular flexibility index (Phi) is 10.2. The molecule has 0 aromatic carbocycles. The van der Waals surface area contributed by atoms with Crippen LogP contribution in [-0.4, -0.2) is 24.1 Å². The van der Waals surface area contributed by atoms with Crippen molar-refractivity contribution in [1.29, 1.82) is 0 Å². The molecule has 0 aliphatic heterocycles. The van der Waals surface area contributed by atoms with E-state index in [-0.39, 0.29) is 24.0 Å². The fraction of sp³-hybridized carbons (Fsp3) is 0.467. The number of hydrogen-bond donors (Lipinski definition) is 2. The number of aliphatic imine (C=N–C) groups is 1. The van der Waals surface area contributed by atoms with Crippen LogP contribution >= 0.6 is 35.6 Å². The van der Waals surface area contributed by atoms with Crippen molar-refractivity contribution in [3.8, 4) is 5.88 Å². The molecule has 1 aromatic heterocycles. The molecule has 124 valence electrons. The Labute approximate surface area is 154 Å². The molecule has 0 aliphatic carbocycles. The summed E-state index contributed by atoms with van der Waals surface area (Å²) in [4.78, 5) is 8.42. The molecule has 0 saturated carbocycles. The average Bonchev–Trinajstić information content (AvgIpc) is 2.41. The Morgan fingerprint density at radius 1 is 1.55 bits per heavy atom. The maximum Gasteiger partial charge on any atom is 0.232 e. The molecule has 1 aromatic rings. The topological polar surface area (TPSA) is 72.5 Å². The third-order valence-corrected chi connectivity index (χ3v) is 2.69. The molecule has 5 nitrogen and oxygen atoms in total. The van der Waals surface area contributed by atoms with E-state index in [4.69, 9.17) is 22.1 Å². The third-order valence-electron chi connectivity index (χ3n) is 2.42. The van der Waals surface area contributed by atoms with Gasteiger partial charge >= 0.3 is 0 Å². The van der Waals surface area contributed by atoms with Crippen LogP contribution in [0, 0.1) is 5.92 Å². The largest absolute Gasteiger partial charge is 0.476 e. The molecule has 0 unspecified atom stereocenters.